The molecule has 3 amide bonds. The van der Waals surface area contributed by atoms with Crippen LogP contribution in [0.25, 0.3) is 0 Å². The zero-order valence-electron chi connectivity index (χ0n) is 18.5. The summed E-state index contributed by atoms with van der Waals surface area (Å²) >= 11 is 0. The number of benzene rings is 2. The van der Waals surface area contributed by atoms with Crippen LogP contribution in [0.5, 0.6) is 5.75 Å². The Labute approximate surface area is 191 Å². The summed E-state index contributed by atoms with van der Waals surface area (Å²) in [6.07, 6.45) is 0. The number of ether oxygens (including phenoxy) is 2. The molecule has 0 aliphatic carbocycles. The van der Waals surface area contributed by atoms with Crippen LogP contribution in [0.4, 0.5) is 14.9 Å². The molecule has 2 aromatic rings. The Morgan fingerprint density at radius 3 is 2.39 bits per heavy atom. The van der Waals surface area contributed by atoms with Crippen LogP contribution in [0.3, 0.4) is 0 Å². The molecule has 2 aromatic carbocycles. The third kappa shape index (κ3) is 5.08. The number of nitrogens with one attached hydrogen (secondary N) is 1. The second-order valence-corrected chi connectivity index (χ2v) is 8.06. The number of amides is 3. The van der Waals surface area contributed by atoms with Gasteiger partial charge in [-0.1, -0.05) is 6.07 Å². The van der Waals surface area contributed by atoms with E-state index in [1.165, 1.54) is 12.1 Å². The third-order valence-electron chi connectivity index (χ3n) is 6.11. The average molecular weight is 458 g/mol. The molecule has 0 atom stereocenters. The number of piperazine rings is 1. The Hall–Kier alpha value is -3.21. The van der Waals surface area contributed by atoms with Crippen molar-refractivity contribution in [2.75, 3.05) is 51.4 Å². The number of rotatable bonds is 6. The molecule has 4 rings (SSSR count). The van der Waals surface area contributed by atoms with Gasteiger partial charge in [-0.25, -0.2) is 15.0 Å². The molecule has 0 bridgehead atoms. The van der Waals surface area contributed by atoms with E-state index >= 15 is 0 Å². The van der Waals surface area contributed by atoms with Crippen LogP contribution in [0.15, 0.2) is 42.5 Å². The van der Waals surface area contributed by atoms with Gasteiger partial charge >= 0.3 is 6.03 Å². The number of carbonyl (C=O) groups excluding carboxylic acids is 2. The van der Waals surface area contributed by atoms with Crippen molar-refractivity contribution in [3.05, 3.63) is 59.4 Å². The molecule has 2 aliphatic rings. The smallest absolute Gasteiger partial charge is 0.324 e. The van der Waals surface area contributed by atoms with Crippen molar-refractivity contribution in [1.82, 2.24) is 15.2 Å². The summed E-state index contributed by atoms with van der Waals surface area (Å²) in [5.74, 6) is 4.62. The fourth-order valence-electron chi connectivity index (χ4n) is 3.99. The topological polar surface area (TPSA) is 100 Å². The van der Waals surface area contributed by atoms with E-state index in [9.17, 15) is 14.0 Å². The maximum atomic E-state index is 14.8. The van der Waals surface area contributed by atoms with Crippen LogP contribution in [-0.2, 0) is 11.3 Å². The summed E-state index contributed by atoms with van der Waals surface area (Å²) in [6.45, 7) is 4.20. The second-order valence-electron chi connectivity index (χ2n) is 8.06. The summed E-state index contributed by atoms with van der Waals surface area (Å²) in [5, 5.41) is 0. The number of hydrogen-bond donors (Lipinski definition) is 2. The number of anilines is 1. The molecule has 0 radical (unpaired) electrons. The minimum absolute atomic E-state index is 0.0121. The number of methoxy groups -OCH3 is 1. The van der Waals surface area contributed by atoms with Gasteiger partial charge in [0.2, 0.25) is 0 Å². The summed E-state index contributed by atoms with van der Waals surface area (Å²) in [5.41, 5.74) is 3.01. The Kier molecular flexibility index (Phi) is 7.07. The van der Waals surface area contributed by atoms with Gasteiger partial charge in [0.25, 0.3) is 5.91 Å². The van der Waals surface area contributed by atoms with E-state index in [2.05, 4.69) is 4.90 Å². The molecule has 2 aliphatic heterocycles. The largest absolute Gasteiger partial charge is 0.497 e. The Morgan fingerprint density at radius 2 is 1.85 bits per heavy atom. The van der Waals surface area contributed by atoms with E-state index in [1.807, 2.05) is 5.43 Å². The van der Waals surface area contributed by atoms with Gasteiger partial charge in [-0.15, -0.1) is 0 Å². The number of hydrogen-bond acceptors (Lipinski definition) is 6. The zero-order chi connectivity index (χ0) is 23.4. The first-order chi connectivity index (χ1) is 16.0. The molecule has 2 saturated heterocycles. The molecule has 9 nitrogen and oxygen atoms in total. The first kappa shape index (κ1) is 23.0. The van der Waals surface area contributed by atoms with E-state index in [1.54, 1.807) is 41.2 Å². The van der Waals surface area contributed by atoms with Crippen LogP contribution in [0.2, 0.25) is 0 Å². The highest BCUT2D eigenvalue weighted by atomic mass is 19.1. The van der Waals surface area contributed by atoms with Crippen molar-refractivity contribution in [1.29, 1.82) is 0 Å². The zero-order valence-corrected chi connectivity index (χ0v) is 18.5. The predicted molar refractivity (Wildman–Crippen MR) is 120 cm³/mol. The molecule has 176 valence electrons. The lowest BCUT2D eigenvalue weighted by molar-refractivity contribution is -0.0738. The maximum absolute atomic E-state index is 14.8. The Morgan fingerprint density at radius 1 is 1.15 bits per heavy atom. The minimum Gasteiger partial charge on any atom is -0.497 e. The van der Waals surface area contributed by atoms with Crippen molar-refractivity contribution in [2.24, 2.45) is 5.84 Å². The van der Waals surface area contributed by atoms with Crippen molar-refractivity contribution in [3.8, 4) is 5.75 Å². The maximum Gasteiger partial charge on any atom is 0.324 e. The van der Waals surface area contributed by atoms with E-state index in [0.29, 0.717) is 30.6 Å². The summed E-state index contributed by atoms with van der Waals surface area (Å²) in [4.78, 5) is 30.9. The number of hydrazine groups is 1. The SMILES string of the molecule is COc1ccc(N(Cc2ccc(C(=O)NN)cc2F)C(=O)N2CCN(C3COC3)CC2)cc1. The molecule has 10 heteroatoms. The predicted octanol–water partition coefficient (Wildman–Crippen LogP) is 1.58. The van der Waals surface area contributed by atoms with Crippen molar-refractivity contribution < 1.29 is 23.5 Å². The first-order valence-corrected chi connectivity index (χ1v) is 10.8. The fraction of sp³-hybridized carbons (Fsp3) is 0.391. The van der Waals surface area contributed by atoms with Gasteiger partial charge < -0.3 is 14.4 Å². The second kappa shape index (κ2) is 10.2. The summed E-state index contributed by atoms with van der Waals surface area (Å²) in [7, 11) is 1.57. The highest BCUT2D eigenvalue weighted by molar-refractivity contribution is 5.94. The van der Waals surface area contributed by atoms with E-state index in [4.69, 9.17) is 15.3 Å². The van der Waals surface area contributed by atoms with E-state index in [0.717, 1.165) is 32.4 Å². The monoisotopic (exact) mass is 457 g/mol. The number of nitrogens with two attached hydrogens (primary N) is 1. The number of nitrogen functional groups attached to an aromatic ring is 1. The Bertz CT molecular complexity index is 991. The van der Waals surface area contributed by atoms with Crippen LogP contribution in [0.1, 0.15) is 15.9 Å². The quantitative estimate of drug-likeness (QED) is 0.388. The number of nitrogens with zero attached hydrogens (tertiary/aromatic N) is 3. The normalized spacial score (nSPS) is 16.8. The highest BCUT2D eigenvalue weighted by Crippen LogP contribution is 2.25. The van der Waals surface area contributed by atoms with E-state index in [-0.39, 0.29) is 23.7 Å². The Balaban J connectivity index is 1.54. The standard InChI is InChI=1S/C23H28FN5O4/c1-32-20-6-4-18(5-7-20)29(13-17-3-2-16(12-21(17)24)22(30)26-25)23(31)28-10-8-27(9-11-28)19-14-33-15-19/h2-7,12,19H,8-11,13-15,25H2,1H3,(H,26,30). The molecule has 0 spiro atoms. The molecular formula is C23H28FN5O4. The molecule has 33 heavy (non-hydrogen) atoms. The molecule has 0 aromatic heterocycles. The van der Waals surface area contributed by atoms with Gasteiger partial charge in [-0.2, -0.15) is 0 Å². The van der Waals surface area contributed by atoms with Crippen LogP contribution >= 0.6 is 0 Å². The molecule has 0 unspecified atom stereocenters. The van der Waals surface area contributed by atoms with E-state index < -0.39 is 11.7 Å². The summed E-state index contributed by atoms with van der Waals surface area (Å²) < 4.78 is 25.3. The number of halogens is 1. The van der Waals surface area contributed by atoms with Crippen LogP contribution in [-0.4, -0.2) is 74.3 Å². The number of carbonyl (C=O) groups is 2. The van der Waals surface area contributed by atoms with Crippen LogP contribution < -0.4 is 20.9 Å². The molecule has 2 fully saturated rings. The van der Waals surface area contributed by atoms with Gasteiger partial charge in [0.05, 0.1) is 32.9 Å². The van der Waals surface area contributed by atoms with Gasteiger partial charge in [0.15, 0.2) is 0 Å². The highest BCUT2D eigenvalue weighted by Gasteiger charge is 2.32. The molecule has 2 heterocycles. The van der Waals surface area contributed by atoms with Crippen molar-refractivity contribution in [3.63, 3.8) is 0 Å². The summed E-state index contributed by atoms with van der Waals surface area (Å²) in [6, 6.07) is 11.4. The first-order valence-electron chi connectivity index (χ1n) is 10.8. The van der Waals surface area contributed by atoms with Crippen LogP contribution in [0, 0.1) is 5.82 Å². The van der Waals surface area contributed by atoms with Gasteiger partial charge in [0.1, 0.15) is 11.6 Å². The van der Waals surface area contributed by atoms with Crippen molar-refractivity contribution >= 4 is 17.6 Å². The average Bonchev–Trinajstić information content (AvgIpc) is 2.82. The lowest BCUT2D eigenvalue weighted by atomic mass is 10.1. The fourth-order valence-corrected chi connectivity index (χ4v) is 3.99. The van der Waals surface area contributed by atoms with Gasteiger partial charge in [-0.3, -0.25) is 20.0 Å². The molecular weight excluding hydrogens is 429 g/mol. The molecule has 3 N–H and O–H groups in total. The lowest BCUT2D eigenvalue weighted by Gasteiger charge is -2.43. The van der Waals surface area contributed by atoms with Gasteiger partial charge in [0, 0.05) is 43.0 Å². The minimum atomic E-state index is -0.586. The lowest BCUT2D eigenvalue weighted by Crippen LogP contribution is -2.59. The third-order valence-corrected chi connectivity index (χ3v) is 6.11. The number of urea groups is 1. The van der Waals surface area contributed by atoms with Gasteiger partial charge in [-0.05, 0) is 36.4 Å². The van der Waals surface area contributed by atoms with Crippen molar-refractivity contribution in [2.45, 2.75) is 12.6 Å². The molecule has 0 saturated carbocycles.